The van der Waals surface area contributed by atoms with E-state index in [9.17, 15) is 9.59 Å². The van der Waals surface area contributed by atoms with Crippen molar-refractivity contribution in [3.8, 4) is 5.75 Å². The van der Waals surface area contributed by atoms with E-state index in [-0.39, 0.29) is 18.3 Å². The van der Waals surface area contributed by atoms with Gasteiger partial charge in [0, 0.05) is 13.0 Å². The van der Waals surface area contributed by atoms with Gasteiger partial charge in [0.25, 0.3) is 0 Å². The van der Waals surface area contributed by atoms with Gasteiger partial charge in [-0.15, -0.1) is 0 Å². The van der Waals surface area contributed by atoms with E-state index >= 15 is 0 Å². The molecule has 0 N–H and O–H groups in total. The lowest BCUT2D eigenvalue weighted by molar-refractivity contribution is -0.147. The van der Waals surface area contributed by atoms with Crippen LogP contribution in [-0.2, 0) is 14.3 Å². The molecular weight excluding hydrogens is 246 g/mol. The second-order valence-corrected chi connectivity index (χ2v) is 4.33. The lowest BCUT2D eigenvalue weighted by Gasteiger charge is -2.19. The zero-order valence-corrected chi connectivity index (χ0v) is 11.1. The van der Waals surface area contributed by atoms with E-state index in [4.69, 9.17) is 9.47 Å². The minimum atomic E-state index is -0.391. The molecule has 0 bridgehead atoms. The van der Waals surface area contributed by atoms with E-state index in [0.29, 0.717) is 24.6 Å². The Kier molecular flexibility index (Phi) is 4.04. The third-order valence-electron chi connectivity index (χ3n) is 3.12. The standard InChI is InChI=1S/C14H17NO4/c1-3-19-14(17)10-8-13(16)15(9-10)11-6-4-5-7-12(11)18-2/h4-7,10H,3,8-9H2,1-2H3. The molecule has 1 saturated heterocycles. The van der Waals surface area contributed by atoms with Gasteiger partial charge in [0.2, 0.25) is 5.91 Å². The summed E-state index contributed by atoms with van der Waals surface area (Å²) in [4.78, 5) is 25.3. The van der Waals surface area contributed by atoms with Gasteiger partial charge in [0.05, 0.1) is 25.3 Å². The van der Waals surface area contributed by atoms with E-state index in [0.717, 1.165) is 0 Å². The topological polar surface area (TPSA) is 55.8 Å². The number of rotatable bonds is 4. The van der Waals surface area contributed by atoms with Gasteiger partial charge < -0.3 is 14.4 Å². The van der Waals surface area contributed by atoms with Crippen LogP contribution in [0.25, 0.3) is 0 Å². The number of methoxy groups -OCH3 is 1. The van der Waals surface area contributed by atoms with Crippen molar-refractivity contribution >= 4 is 17.6 Å². The van der Waals surface area contributed by atoms with Gasteiger partial charge in [-0.25, -0.2) is 0 Å². The molecule has 0 aromatic heterocycles. The molecule has 0 radical (unpaired) electrons. The Bertz CT molecular complexity index is 486. The zero-order valence-electron chi connectivity index (χ0n) is 11.1. The number of hydrogen-bond donors (Lipinski definition) is 0. The summed E-state index contributed by atoms with van der Waals surface area (Å²) in [5, 5.41) is 0. The highest BCUT2D eigenvalue weighted by Crippen LogP contribution is 2.32. The first kappa shape index (κ1) is 13.4. The van der Waals surface area contributed by atoms with Crippen LogP contribution in [0.15, 0.2) is 24.3 Å². The predicted molar refractivity (Wildman–Crippen MR) is 70.1 cm³/mol. The van der Waals surface area contributed by atoms with Gasteiger partial charge in [-0.05, 0) is 19.1 Å². The van der Waals surface area contributed by atoms with E-state index in [2.05, 4.69) is 0 Å². The van der Waals surface area contributed by atoms with E-state index < -0.39 is 5.92 Å². The summed E-state index contributed by atoms with van der Waals surface area (Å²) in [7, 11) is 1.56. The SMILES string of the molecule is CCOC(=O)C1CC(=O)N(c2ccccc2OC)C1. The molecular formula is C14H17NO4. The van der Waals surface area contributed by atoms with Crippen LogP contribution in [0.5, 0.6) is 5.75 Å². The Morgan fingerprint density at radius 1 is 1.42 bits per heavy atom. The summed E-state index contributed by atoms with van der Waals surface area (Å²) in [6.45, 7) is 2.43. The molecule has 5 nitrogen and oxygen atoms in total. The fourth-order valence-corrected chi connectivity index (χ4v) is 2.21. The van der Waals surface area contributed by atoms with E-state index in [1.165, 1.54) is 0 Å². The van der Waals surface area contributed by atoms with Crippen molar-refractivity contribution in [3.63, 3.8) is 0 Å². The number of esters is 1. The molecule has 5 heteroatoms. The normalized spacial score (nSPS) is 18.5. The summed E-state index contributed by atoms with van der Waals surface area (Å²) in [6, 6.07) is 7.28. The van der Waals surface area contributed by atoms with Crippen LogP contribution in [0.4, 0.5) is 5.69 Å². The number of carbonyl (C=O) groups excluding carboxylic acids is 2. The lowest BCUT2D eigenvalue weighted by Crippen LogP contribution is -2.26. The van der Waals surface area contributed by atoms with Crippen molar-refractivity contribution in [3.05, 3.63) is 24.3 Å². The Morgan fingerprint density at radius 3 is 2.84 bits per heavy atom. The molecule has 1 atom stereocenters. The molecule has 0 saturated carbocycles. The molecule has 0 spiro atoms. The number of nitrogens with zero attached hydrogens (tertiary/aromatic N) is 1. The summed E-state index contributed by atoms with van der Waals surface area (Å²) in [5.74, 6) is -0.159. The summed E-state index contributed by atoms with van der Waals surface area (Å²) in [6.07, 6.45) is 0.191. The van der Waals surface area contributed by atoms with Crippen molar-refractivity contribution in [2.45, 2.75) is 13.3 Å². The summed E-state index contributed by atoms with van der Waals surface area (Å²) in [5.41, 5.74) is 0.696. The van der Waals surface area contributed by atoms with Crippen molar-refractivity contribution in [2.75, 3.05) is 25.2 Å². The van der Waals surface area contributed by atoms with Gasteiger partial charge in [-0.1, -0.05) is 12.1 Å². The molecule has 1 aliphatic heterocycles. The Morgan fingerprint density at radius 2 is 2.16 bits per heavy atom. The zero-order chi connectivity index (χ0) is 13.8. The number of carbonyl (C=O) groups is 2. The van der Waals surface area contributed by atoms with Crippen LogP contribution in [-0.4, -0.2) is 32.1 Å². The first-order chi connectivity index (χ1) is 9.17. The maximum absolute atomic E-state index is 12.0. The fourth-order valence-electron chi connectivity index (χ4n) is 2.21. The quantitative estimate of drug-likeness (QED) is 0.774. The molecule has 1 unspecified atom stereocenters. The first-order valence-electron chi connectivity index (χ1n) is 6.27. The second-order valence-electron chi connectivity index (χ2n) is 4.33. The Labute approximate surface area is 112 Å². The van der Waals surface area contributed by atoms with Crippen molar-refractivity contribution in [1.29, 1.82) is 0 Å². The van der Waals surface area contributed by atoms with Crippen molar-refractivity contribution in [2.24, 2.45) is 5.92 Å². The number of para-hydroxylation sites is 2. The minimum Gasteiger partial charge on any atom is -0.495 e. The maximum atomic E-state index is 12.0. The van der Waals surface area contributed by atoms with Gasteiger partial charge >= 0.3 is 5.97 Å². The highest BCUT2D eigenvalue weighted by Gasteiger charge is 2.36. The fraction of sp³-hybridized carbons (Fsp3) is 0.429. The minimum absolute atomic E-state index is 0.0810. The van der Waals surface area contributed by atoms with Crippen LogP contribution >= 0.6 is 0 Å². The van der Waals surface area contributed by atoms with Gasteiger partial charge in [0.1, 0.15) is 5.75 Å². The third kappa shape index (κ3) is 2.70. The molecule has 1 aromatic rings. The Hall–Kier alpha value is -2.04. The van der Waals surface area contributed by atoms with Crippen LogP contribution < -0.4 is 9.64 Å². The van der Waals surface area contributed by atoms with Gasteiger partial charge in [-0.3, -0.25) is 9.59 Å². The first-order valence-corrected chi connectivity index (χ1v) is 6.27. The number of ether oxygens (including phenoxy) is 2. The van der Waals surface area contributed by atoms with Crippen molar-refractivity contribution < 1.29 is 19.1 Å². The monoisotopic (exact) mass is 263 g/mol. The van der Waals surface area contributed by atoms with Gasteiger partial charge in [-0.2, -0.15) is 0 Å². The average molecular weight is 263 g/mol. The molecule has 19 heavy (non-hydrogen) atoms. The van der Waals surface area contributed by atoms with Crippen LogP contribution in [0.1, 0.15) is 13.3 Å². The van der Waals surface area contributed by atoms with Gasteiger partial charge in [0.15, 0.2) is 0 Å². The average Bonchev–Trinajstić information content (AvgIpc) is 2.81. The molecule has 1 fully saturated rings. The lowest BCUT2D eigenvalue weighted by atomic mass is 10.1. The third-order valence-corrected chi connectivity index (χ3v) is 3.12. The number of anilines is 1. The van der Waals surface area contributed by atoms with Crippen molar-refractivity contribution in [1.82, 2.24) is 0 Å². The molecule has 1 amide bonds. The maximum Gasteiger partial charge on any atom is 0.311 e. The predicted octanol–water partition coefficient (Wildman–Crippen LogP) is 1.61. The summed E-state index contributed by atoms with van der Waals surface area (Å²) < 4.78 is 10.2. The van der Waals surface area contributed by atoms with Crippen LogP contribution in [0, 0.1) is 5.92 Å². The van der Waals surface area contributed by atoms with Crippen LogP contribution in [0.3, 0.4) is 0 Å². The Balaban J connectivity index is 2.18. The molecule has 1 aliphatic rings. The molecule has 1 heterocycles. The second kappa shape index (κ2) is 5.73. The largest absolute Gasteiger partial charge is 0.495 e. The molecule has 102 valence electrons. The smallest absolute Gasteiger partial charge is 0.311 e. The highest BCUT2D eigenvalue weighted by atomic mass is 16.5. The molecule has 1 aromatic carbocycles. The number of benzene rings is 1. The summed E-state index contributed by atoms with van der Waals surface area (Å²) >= 11 is 0. The number of amides is 1. The molecule has 0 aliphatic carbocycles. The highest BCUT2D eigenvalue weighted by molar-refractivity contribution is 6.00. The van der Waals surface area contributed by atoms with E-state index in [1.54, 1.807) is 25.0 Å². The van der Waals surface area contributed by atoms with Crippen LogP contribution in [0.2, 0.25) is 0 Å². The van der Waals surface area contributed by atoms with E-state index in [1.807, 2.05) is 18.2 Å². The molecule has 2 rings (SSSR count). The number of hydrogen-bond acceptors (Lipinski definition) is 4.